The zero-order valence-electron chi connectivity index (χ0n) is 15.8. The largest absolute Gasteiger partial charge is 0.484 e. The third-order valence-corrected chi connectivity index (χ3v) is 4.29. The van der Waals surface area contributed by atoms with Crippen molar-refractivity contribution in [2.75, 3.05) is 18.1 Å². The number of ether oxygens (including phenoxy) is 1. The number of benzene rings is 2. The molecule has 0 saturated carbocycles. The van der Waals surface area contributed by atoms with E-state index in [4.69, 9.17) is 17.0 Å². The highest BCUT2D eigenvalue weighted by atomic mass is 32.1. The van der Waals surface area contributed by atoms with Crippen LogP contribution in [-0.2, 0) is 10.2 Å². The van der Waals surface area contributed by atoms with E-state index in [2.05, 4.69) is 26.1 Å². The molecular weight excluding hydrogens is 344 g/mol. The molecule has 2 rings (SSSR count). The minimum atomic E-state index is -0.274. The number of nitrogens with zero attached hydrogens (tertiary/aromatic N) is 1. The summed E-state index contributed by atoms with van der Waals surface area (Å²) in [5.74, 6) is 0.388. The lowest BCUT2D eigenvalue weighted by molar-refractivity contribution is -0.121. The summed E-state index contributed by atoms with van der Waals surface area (Å²) in [5, 5.41) is 3.10. The summed E-state index contributed by atoms with van der Waals surface area (Å²) in [6.45, 7) is 9.04. The number of amides is 1. The van der Waals surface area contributed by atoms with E-state index < -0.39 is 0 Å². The topological polar surface area (TPSA) is 41.6 Å². The lowest BCUT2D eigenvalue weighted by atomic mass is 9.87. The number of hydrogen-bond donors (Lipinski definition) is 1. The van der Waals surface area contributed by atoms with Gasteiger partial charge in [0.25, 0.3) is 5.91 Å². The van der Waals surface area contributed by atoms with Crippen LogP contribution in [0, 0.1) is 0 Å². The van der Waals surface area contributed by atoms with Gasteiger partial charge in [0.15, 0.2) is 11.7 Å². The van der Waals surface area contributed by atoms with Gasteiger partial charge in [-0.15, -0.1) is 0 Å². The first-order valence-electron chi connectivity index (χ1n) is 8.71. The molecule has 0 fully saturated rings. The molecule has 0 spiro atoms. The number of nitrogens with one attached hydrogen (secondary N) is 1. The zero-order chi connectivity index (χ0) is 19.2. The summed E-state index contributed by atoms with van der Waals surface area (Å²) >= 11 is 5.36. The molecule has 0 bridgehead atoms. The lowest BCUT2D eigenvalue weighted by Gasteiger charge is -2.23. The molecule has 4 nitrogen and oxygen atoms in total. The number of hydrogen-bond acceptors (Lipinski definition) is 3. The molecule has 5 heteroatoms. The Balaban J connectivity index is 1.89. The molecule has 0 aromatic heterocycles. The van der Waals surface area contributed by atoms with Gasteiger partial charge in [-0.3, -0.25) is 10.1 Å². The molecule has 0 atom stereocenters. The molecule has 2 aromatic carbocycles. The Morgan fingerprint density at radius 2 is 1.69 bits per heavy atom. The molecule has 26 heavy (non-hydrogen) atoms. The highest BCUT2D eigenvalue weighted by molar-refractivity contribution is 7.80. The number of carbonyl (C=O) groups excluding carboxylic acids is 1. The fourth-order valence-electron chi connectivity index (χ4n) is 2.47. The number of rotatable bonds is 5. The first-order chi connectivity index (χ1) is 12.3. The molecule has 0 radical (unpaired) electrons. The van der Waals surface area contributed by atoms with Crippen molar-refractivity contribution in [2.24, 2.45) is 0 Å². The second kappa shape index (κ2) is 8.81. The SMILES string of the molecule is CCN(C(=S)NC(=O)COc1ccc(C(C)(C)C)cc1)c1ccccc1. The summed E-state index contributed by atoms with van der Waals surface area (Å²) in [4.78, 5) is 14.0. The average Bonchev–Trinajstić information content (AvgIpc) is 2.61. The van der Waals surface area contributed by atoms with Gasteiger partial charge in [-0.2, -0.15) is 0 Å². The van der Waals surface area contributed by atoms with E-state index in [9.17, 15) is 4.79 Å². The Kier molecular flexibility index (Phi) is 6.75. The Labute approximate surface area is 161 Å². The molecular formula is C21H26N2O2S. The molecule has 1 amide bonds. The molecule has 0 unspecified atom stereocenters. The van der Waals surface area contributed by atoms with Gasteiger partial charge < -0.3 is 9.64 Å². The Morgan fingerprint density at radius 1 is 1.08 bits per heavy atom. The lowest BCUT2D eigenvalue weighted by Crippen LogP contribution is -2.44. The molecule has 0 aliphatic heterocycles. The van der Waals surface area contributed by atoms with Gasteiger partial charge in [-0.05, 0) is 54.4 Å². The second-order valence-corrected chi connectivity index (χ2v) is 7.38. The van der Waals surface area contributed by atoms with Crippen LogP contribution in [0.5, 0.6) is 5.75 Å². The summed E-state index contributed by atoms with van der Waals surface area (Å²) in [6, 6.07) is 17.5. The minimum absolute atomic E-state index is 0.0820. The summed E-state index contributed by atoms with van der Waals surface area (Å²) in [5.41, 5.74) is 2.25. The van der Waals surface area contributed by atoms with Gasteiger partial charge in [0, 0.05) is 12.2 Å². The smallest absolute Gasteiger partial charge is 0.264 e. The highest BCUT2D eigenvalue weighted by Gasteiger charge is 2.15. The predicted molar refractivity (Wildman–Crippen MR) is 111 cm³/mol. The maximum atomic E-state index is 12.2. The van der Waals surface area contributed by atoms with Gasteiger partial charge >= 0.3 is 0 Å². The van der Waals surface area contributed by atoms with Crippen LogP contribution in [0.4, 0.5) is 5.69 Å². The number of carbonyl (C=O) groups is 1. The molecule has 2 aromatic rings. The summed E-state index contributed by atoms with van der Waals surface area (Å²) in [7, 11) is 0. The van der Waals surface area contributed by atoms with Crippen LogP contribution in [0.1, 0.15) is 33.3 Å². The minimum Gasteiger partial charge on any atom is -0.484 e. The van der Waals surface area contributed by atoms with Gasteiger partial charge in [-0.1, -0.05) is 51.1 Å². The van der Waals surface area contributed by atoms with Crippen molar-refractivity contribution in [1.29, 1.82) is 0 Å². The first kappa shape index (κ1) is 19.9. The Hall–Kier alpha value is -2.40. The van der Waals surface area contributed by atoms with E-state index >= 15 is 0 Å². The summed E-state index contributed by atoms with van der Waals surface area (Å²) in [6.07, 6.45) is 0. The number of para-hydroxylation sites is 1. The second-order valence-electron chi connectivity index (χ2n) is 7.00. The van der Waals surface area contributed by atoms with Crippen molar-refractivity contribution in [3.05, 3.63) is 60.2 Å². The van der Waals surface area contributed by atoms with Crippen molar-refractivity contribution < 1.29 is 9.53 Å². The van der Waals surface area contributed by atoms with Crippen LogP contribution in [0.2, 0.25) is 0 Å². The third kappa shape index (κ3) is 5.56. The van der Waals surface area contributed by atoms with Crippen molar-refractivity contribution in [3.8, 4) is 5.75 Å². The summed E-state index contributed by atoms with van der Waals surface area (Å²) < 4.78 is 5.57. The van der Waals surface area contributed by atoms with E-state index in [1.165, 1.54) is 5.56 Å². The van der Waals surface area contributed by atoms with E-state index in [1.807, 2.05) is 66.4 Å². The van der Waals surface area contributed by atoms with Crippen molar-refractivity contribution in [1.82, 2.24) is 5.32 Å². The zero-order valence-corrected chi connectivity index (χ0v) is 16.6. The first-order valence-corrected chi connectivity index (χ1v) is 9.12. The molecule has 0 heterocycles. The standard InChI is InChI=1S/C21H26N2O2S/c1-5-23(17-9-7-6-8-10-17)20(26)22-19(24)15-25-18-13-11-16(12-14-18)21(2,3)4/h6-14H,5,15H2,1-4H3,(H,22,24,26). The quantitative estimate of drug-likeness (QED) is 0.797. The maximum absolute atomic E-state index is 12.2. The monoisotopic (exact) mass is 370 g/mol. The third-order valence-electron chi connectivity index (χ3n) is 3.97. The molecule has 0 aliphatic carbocycles. The number of anilines is 1. The van der Waals surface area contributed by atoms with E-state index in [0.29, 0.717) is 17.4 Å². The van der Waals surface area contributed by atoms with Gasteiger partial charge in [0.1, 0.15) is 5.75 Å². The van der Waals surface area contributed by atoms with Crippen LogP contribution in [0.15, 0.2) is 54.6 Å². The van der Waals surface area contributed by atoms with Crippen LogP contribution >= 0.6 is 12.2 Å². The average molecular weight is 371 g/mol. The maximum Gasteiger partial charge on any atom is 0.264 e. The van der Waals surface area contributed by atoms with E-state index in [-0.39, 0.29) is 17.9 Å². The van der Waals surface area contributed by atoms with E-state index in [1.54, 1.807) is 0 Å². The van der Waals surface area contributed by atoms with Crippen LogP contribution in [0.3, 0.4) is 0 Å². The molecule has 0 aliphatic rings. The Bertz CT molecular complexity index is 737. The molecule has 0 saturated heterocycles. The predicted octanol–water partition coefficient (Wildman–Crippen LogP) is 4.29. The molecule has 1 N–H and O–H groups in total. The van der Waals surface area contributed by atoms with Crippen molar-refractivity contribution >= 4 is 28.9 Å². The fraction of sp³-hybridized carbons (Fsp3) is 0.333. The van der Waals surface area contributed by atoms with E-state index in [0.717, 1.165) is 5.69 Å². The molecule has 138 valence electrons. The Morgan fingerprint density at radius 3 is 2.23 bits per heavy atom. The van der Waals surface area contributed by atoms with Crippen LogP contribution in [0.25, 0.3) is 0 Å². The highest BCUT2D eigenvalue weighted by Crippen LogP contribution is 2.24. The van der Waals surface area contributed by atoms with Gasteiger partial charge in [-0.25, -0.2) is 0 Å². The van der Waals surface area contributed by atoms with Crippen molar-refractivity contribution in [3.63, 3.8) is 0 Å². The normalized spacial score (nSPS) is 10.9. The fourth-order valence-corrected chi connectivity index (χ4v) is 2.82. The van der Waals surface area contributed by atoms with Crippen molar-refractivity contribution in [2.45, 2.75) is 33.1 Å². The van der Waals surface area contributed by atoms with Crippen LogP contribution in [-0.4, -0.2) is 24.2 Å². The van der Waals surface area contributed by atoms with Crippen LogP contribution < -0.4 is 15.0 Å². The van der Waals surface area contributed by atoms with Gasteiger partial charge in [0.05, 0.1) is 0 Å². The number of thiocarbonyl (C=S) groups is 1. The van der Waals surface area contributed by atoms with Gasteiger partial charge in [0.2, 0.25) is 0 Å².